The average molecular weight is 303 g/mol. The summed E-state index contributed by atoms with van der Waals surface area (Å²) in [6.45, 7) is 1.72. The van der Waals surface area contributed by atoms with E-state index in [2.05, 4.69) is 10.3 Å². The van der Waals surface area contributed by atoms with Crippen molar-refractivity contribution in [1.29, 1.82) is 0 Å². The largest absolute Gasteiger partial charge is 0.391 e. The van der Waals surface area contributed by atoms with E-state index < -0.39 is 6.10 Å². The Kier molecular flexibility index (Phi) is 4.66. The monoisotopic (exact) mass is 302 g/mol. The smallest absolute Gasteiger partial charge is 0.254 e. The van der Waals surface area contributed by atoms with Crippen LogP contribution in [0.3, 0.4) is 0 Å². The molecule has 0 radical (unpaired) electrons. The first-order valence-electron chi connectivity index (χ1n) is 6.30. The first-order valence-corrected chi connectivity index (χ1v) is 7.06. The molecule has 1 aliphatic carbocycles. The first-order chi connectivity index (χ1) is 9.00. The van der Waals surface area contributed by atoms with Crippen LogP contribution in [0.2, 0.25) is 10.0 Å². The van der Waals surface area contributed by atoms with E-state index in [1.54, 1.807) is 6.92 Å². The second-order valence-electron chi connectivity index (χ2n) is 4.82. The molecule has 4 nitrogen and oxygen atoms in total. The highest BCUT2D eigenvalue weighted by Gasteiger charge is 2.26. The van der Waals surface area contributed by atoms with Crippen molar-refractivity contribution in [2.45, 2.75) is 44.8 Å². The number of carbonyl (C=O) groups excluding carboxylic acids is 1. The Hall–Kier alpha value is -0.840. The number of rotatable bonds is 2. The van der Waals surface area contributed by atoms with Crippen LogP contribution < -0.4 is 5.32 Å². The van der Waals surface area contributed by atoms with Gasteiger partial charge in [0.2, 0.25) is 0 Å². The van der Waals surface area contributed by atoms with Crippen molar-refractivity contribution in [2.24, 2.45) is 0 Å². The molecule has 0 saturated heterocycles. The summed E-state index contributed by atoms with van der Waals surface area (Å²) in [5.74, 6) is -0.342. The van der Waals surface area contributed by atoms with Gasteiger partial charge >= 0.3 is 0 Å². The van der Waals surface area contributed by atoms with Gasteiger partial charge in [-0.15, -0.1) is 0 Å². The van der Waals surface area contributed by atoms with Gasteiger partial charge in [-0.2, -0.15) is 0 Å². The van der Waals surface area contributed by atoms with Gasteiger partial charge in [0.05, 0.1) is 33.4 Å². The van der Waals surface area contributed by atoms with Crippen LogP contribution in [0.4, 0.5) is 0 Å². The second-order valence-corrected chi connectivity index (χ2v) is 5.57. The lowest BCUT2D eigenvalue weighted by Gasteiger charge is -2.28. The molecule has 6 heteroatoms. The Morgan fingerprint density at radius 1 is 1.37 bits per heavy atom. The van der Waals surface area contributed by atoms with Gasteiger partial charge in [-0.25, -0.2) is 0 Å². The summed E-state index contributed by atoms with van der Waals surface area (Å²) in [6, 6.07) is -0.225. The highest BCUT2D eigenvalue weighted by molar-refractivity contribution is 6.44. The van der Waals surface area contributed by atoms with Gasteiger partial charge in [-0.3, -0.25) is 9.78 Å². The predicted molar refractivity (Wildman–Crippen MR) is 74.7 cm³/mol. The normalized spacial score (nSPS) is 23.2. The third-order valence-electron chi connectivity index (χ3n) is 3.42. The van der Waals surface area contributed by atoms with Crippen LogP contribution in [0, 0.1) is 6.92 Å². The van der Waals surface area contributed by atoms with Crippen molar-refractivity contribution < 1.29 is 9.90 Å². The third kappa shape index (κ3) is 3.19. The van der Waals surface area contributed by atoms with E-state index in [1.807, 2.05) is 0 Å². The fourth-order valence-electron chi connectivity index (χ4n) is 2.24. The minimum atomic E-state index is -0.495. The topological polar surface area (TPSA) is 62.2 Å². The number of hydrogen-bond donors (Lipinski definition) is 2. The molecule has 0 spiro atoms. The van der Waals surface area contributed by atoms with E-state index in [9.17, 15) is 9.90 Å². The molecule has 2 unspecified atom stereocenters. The number of hydrogen-bond acceptors (Lipinski definition) is 3. The molecule has 0 aliphatic heterocycles. The zero-order valence-corrected chi connectivity index (χ0v) is 12.1. The summed E-state index contributed by atoms with van der Waals surface area (Å²) in [4.78, 5) is 16.2. The summed E-state index contributed by atoms with van der Waals surface area (Å²) in [6.07, 6.45) is 4.40. The summed E-state index contributed by atoms with van der Waals surface area (Å²) in [5, 5.41) is 13.1. The minimum Gasteiger partial charge on any atom is -0.391 e. The van der Waals surface area contributed by atoms with E-state index >= 15 is 0 Å². The zero-order valence-electron chi connectivity index (χ0n) is 10.6. The number of carbonyl (C=O) groups is 1. The number of aliphatic hydroxyl groups excluding tert-OH is 1. The Morgan fingerprint density at radius 2 is 2.05 bits per heavy atom. The molecule has 2 atom stereocenters. The highest BCUT2D eigenvalue weighted by Crippen LogP contribution is 2.28. The molecule has 1 aliphatic rings. The maximum Gasteiger partial charge on any atom is 0.254 e. The molecule has 2 N–H and O–H groups in total. The molecule has 2 rings (SSSR count). The quantitative estimate of drug-likeness (QED) is 0.883. The van der Waals surface area contributed by atoms with Crippen molar-refractivity contribution in [3.63, 3.8) is 0 Å². The number of pyridine rings is 1. The van der Waals surface area contributed by atoms with Crippen molar-refractivity contribution in [3.8, 4) is 0 Å². The zero-order chi connectivity index (χ0) is 14.0. The predicted octanol–water partition coefficient (Wildman–Crippen LogP) is 2.73. The van der Waals surface area contributed by atoms with Gasteiger partial charge < -0.3 is 10.4 Å². The van der Waals surface area contributed by atoms with Gasteiger partial charge in [-0.05, 0) is 19.8 Å². The van der Waals surface area contributed by atoms with Gasteiger partial charge in [0.25, 0.3) is 5.91 Å². The van der Waals surface area contributed by atoms with E-state index in [-0.39, 0.29) is 22.5 Å². The molecule has 1 amide bonds. The van der Waals surface area contributed by atoms with E-state index in [1.165, 1.54) is 6.20 Å². The van der Waals surface area contributed by atoms with Crippen molar-refractivity contribution in [1.82, 2.24) is 10.3 Å². The average Bonchev–Trinajstić information content (AvgIpc) is 2.39. The molecule has 19 heavy (non-hydrogen) atoms. The number of nitrogens with zero attached hydrogens (tertiary/aromatic N) is 1. The molecule has 1 fully saturated rings. The third-order valence-corrected chi connectivity index (χ3v) is 4.38. The summed E-state index contributed by atoms with van der Waals surface area (Å²) in [7, 11) is 0. The van der Waals surface area contributed by atoms with Crippen LogP contribution in [0.25, 0.3) is 0 Å². The number of amides is 1. The fraction of sp³-hybridized carbons (Fsp3) is 0.538. The number of aromatic nitrogens is 1. The summed E-state index contributed by atoms with van der Waals surface area (Å²) < 4.78 is 0. The van der Waals surface area contributed by atoms with Crippen LogP contribution in [0.5, 0.6) is 0 Å². The number of aliphatic hydroxyl groups is 1. The minimum absolute atomic E-state index is 0.206. The fourth-order valence-corrected chi connectivity index (χ4v) is 2.66. The van der Waals surface area contributed by atoms with Gasteiger partial charge in [0.1, 0.15) is 0 Å². The van der Waals surface area contributed by atoms with E-state index in [0.29, 0.717) is 17.1 Å². The van der Waals surface area contributed by atoms with Crippen molar-refractivity contribution >= 4 is 29.1 Å². The summed E-state index contributed by atoms with van der Waals surface area (Å²) >= 11 is 12.0. The van der Waals surface area contributed by atoms with Gasteiger partial charge in [-0.1, -0.05) is 36.0 Å². The van der Waals surface area contributed by atoms with E-state index in [0.717, 1.165) is 19.3 Å². The second kappa shape index (κ2) is 6.07. The Morgan fingerprint density at radius 3 is 2.74 bits per heavy atom. The van der Waals surface area contributed by atoms with Crippen LogP contribution >= 0.6 is 23.2 Å². The highest BCUT2D eigenvalue weighted by atomic mass is 35.5. The van der Waals surface area contributed by atoms with Crippen LogP contribution in [-0.4, -0.2) is 28.1 Å². The Balaban J connectivity index is 2.14. The van der Waals surface area contributed by atoms with Crippen molar-refractivity contribution in [3.05, 3.63) is 27.5 Å². The molecule has 1 aromatic rings. The molecule has 0 bridgehead atoms. The number of nitrogens with one attached hydrogen (secondary N) is 1. The lowest BCUT2D eigenvalue weighted by Crippen LogP contribution is -2.45. The number of aryl methyl sites for hydroxylation is 1. The lowest BCUT2D eigenvalue weighted by molar-refractivity contribution is 0.0717. The Bertz CT molecular complexity index is 494. The van der Waals surface area contributed by atoms with Crippen LogP contribution in [0.15, 0.2) is 6.20 Å². The molecular weight excluding hydrogens is 287 g/mol. The molecule has 1 heterocycles. The van der Waals surface area contributed by atoms with Crippen LogP contribution in [0.1, 0.15) is 41.7 Å². The molecule has 1 saturated carbocycles. The molecule has 1 aromatic heterocycles. The first kappa shape index (κ1) is 14.6. The van der Waals surface area contributed by atoms with E-state index in [4.69, 9.17) is 23.2 Å². The summed E-state index contributed by atoms with van der Waals surface area (Å²) in [5.41, 5.74) is 0.830. The SMILES string of the molecule is Cc1ncc(C(=O)NC2CCCCC2O)c(Cl)c1Cl. The standard InChI is InChI=1S/C13H16Cl2N2O2/c1-7-11(14)12(15)8(6-16-7)13(19)17-9-4-2-3-5-10(9)18/h6,9-10,18H,2-5H2,1H3,(H,17,19). The molecule has 104 valence electrons. The maximum atomic E-state index is 12.1. The van der Waals surface area contributed by atoms with Crippen LogP contribution in [-0.2, 0) is 0 Å². The molecular formula is C13H16Cl2N2O2. The molecule has 0 aromatic carbocycles. The van der Waals surface area contributed by atoms with Gasteiger partial charge in [0, 0.05) is 6.20 Å². The maximum absolute atomic E-state index is 12.1. The van der Waals surface area contributed by atoms with Gasteiger partial charge in [0.15, 0.2) is 0 Å². The van der Waals surface area contributed by atoms with Crippen molar-refractivity contribution in [2.75, 3.05) is 0 Å². The Labute approximate surface area is 122 Å². The number of halogens is 2. The lowest BCUT2D eigenvalue weighted by atomic mass is 9.92.